The van der Waals surface area contributed by atoms with Crippen LogP contribution in [0.4, 0.5) is 0 Å². The molecular weight excluding hydrogens is 178 g/mol. The number of H-pyrrole nitrogens is 1. The molecule has 0 saturated carbocycles. The maximum atomic E-state index is 10.9. The van der Waals surface area contributed by atoms with Crippen LogP contribution in [0, 0.1) is 6.92 Å². The van der Waals surface area contributed by atoms with E-state index in [-0.39, 0.29) is 5.69 Å². The molecule has 0 bridgehead atoms. The third-order valence-corrected chi connectivity index (χ3v) is 2.01. The predicted molar refractivity (Wildman–Crippen MR) is 55.7 cm³/mol. The van der Waals surface area contributed by atoms with E-state index in [4.69, 9.17) is 5.73 Å². The molecule has 0 aliphatic rings. The minimum absolute atomic E-state index is 0.289. The lowest BCUT2D eigenvalue weighted by molar-refractivity contribution is 0.0995. The maximum Gasteiger partial charge on any atom is 0.269 e. The molecule has 0 fully saturated rings. The quantitative estimate of drug-likeness (QED) is 0.709. The van der Waals surface area contributed by atoms with Crippen LogP contribution in [0.1, 0.15) is 28.7 Å². The first-order valence-corrected chi connectivity index (χ1v) is 4.22. The molecule has 1 amide bonds. The number of amides is 1. The molecule has 0 aromatic carbocycles. The molecule has 14 heavy (non-hydrogen) atoms. The van der Waals surface area contributed by atoms with Gasteiger partial charge in [-0.2, -0.15) is 5.10 Å². The third-order valence-electron chi connectivity index (χ3n) is 2.01. The number of aromatic nitrogens is 2. The smallest absolute Gasteiger partial charge is 0.269 e. The molecular formula is C10H13N3O. The van der Waals surface area contributed by atoms with E-state index in [0.29, 0.717) is 0 Å². The molecule has 0 atom stereocenters. The van der Waals surface area contributed by atoms with Gasteiger partial charge in [-0.25, -0.2) is 0 Å². The summed E-state index contributed by atoms with van der Waals surface area (Å²) in [6.07, 6.45) is 3.52. The van der Waals surface area contributed by atoms with Crippen LogP contribution < -0.4 is 5.73 Å². The number of hydrogen-bond acceptors (Lipinski definition) is 2. The number of carbonyl (C=O) groups is 1. The molecule has 0 radical (unpaired) electrons. The SMILES string of the molecule is C=C/C=C(\C)c1[nH]nc(C(N)=O)c1C. The van der Waals surface area contributed by atoms with E-state index in [9.17, 15) is 4.79 Å². The Morgan fingerprint density at radius 3 is 2.71 bits per heavy atom. The molecule has 0 aliphatic carbocycles. The lowest BCUT2D eigenvalue weighted by Gasteiger charge is -1.97. The summed E-state index contributed by atoms with van der Waals surface area (Å²) in [6, 6.07) is 0. The fourth-order valence-corrected chi connectivity index (χ4v) is 1.28. The highest BCUT2D eigenvalue weighted by molar-refractivity contribution is 5.93. The number of primary amides is 1. The van der Waals surface area contributed by atoms with Gasteiger partial charge in [0.05, 0.1) is 5.69 Å². The molecule has 1 rings (SSSR count). The van der Waals surface area contributed by atoms with Gasteiger partial charge < -0.3 is 5.73 Å². The van der Waals surface area contributed by atoms with E-state index < -0.39 is 5.91 Å². The number of rotatable bonds is 3. The molecule has 1 heterocycles. The van der Waals surface area contributed by atoms with Crippen molar-refractivity contribution in [3.63, 3.8) is 0 Å². The predicted octanol–water partition coefficient (Wildman–Crippen LogP) is 1.41. The standard InChI is InChI=1S/C10H13N3O/c1-4-5-6(2)8-7(3)9(10(11)14)13-12-8/h4-5H,1H2,2-3H3,(H2,11,14)(H,12,13)/b6-5+. The zero-order valence-corrected chi connectivity index (χ0v) is 8.29. The fraction of sp³-hybridized carbons (Fsp3) is 0.200. The summed E-state index contributed by atoms with van der Waals surface area (Å²) in [5.74, 6) is -0.517. The van der Waals surface area contributed by atoms with E-state index in [0.717, 1.165) is 16.8 Å². The first-order chi connectivity index (χ1) is 6.57. The average molecular weight is 191 g/mol. The van der Waals surface area contributed by atoms with E-state index in [2.05, 4.69) is 16.8 Å². The highest BCUT2D eigenvalue weighted by Crippen LogP contribution is 2.17. The second-order valence-corrected chi connectivity index (χ2v) is 3.02. The van der Waals surface area contributed by atoms with Crippen molar-refractivity contribution in [1.29, 1.82) is 0 Å². The number of aromatic amines is 1. The number of allylic oxidation sites excluding steroid dienone is 3. The van der Waals surface area contributed by atoms with Gasteiger partial charge in [-0.1, -0.05) is 18.7 Å². The minimum atomic E-state index is -0.517. The fourth-order valence-electron chi connectivity index (χ4n) is 1.28. The van der Waals surface area contributed by atoms with Gasteiger partial charge in [0.15, 0.2) is 5.69 Å². The summed E-state index contributed by atoms with van der Waals surface area (Å²) in [4.78, 5) is 10.9. The Morgan fingerprint density at radius 1 is 1.64 bits per heavy atom. The monoisotopic (exact) mass is 191 g/mol. The van der Waals surface area contributed by atoms with Gasteiger partial charge in [0.1, 0.15) is 0 Å². The Morgan fingerprint density at radius 2 is 2.29 bits per heavy atom. The summed E-state index contributed by atoms with van der Waals surface area (Å²) < 4.78 is 0. The highest BCUT2D eigenvalue weighted by atomic mass is 16.1. The zero-order valence-electron chi connectivity index (χ0n) is 8.29. The lowest BCUT2D eigenvalue weighted by Crippen LogP contribution is -2.12. The summed E-state index contributed by atoms with van der Waals surface area (Å²) in [7, 11) is 0. The van der Waals surface area contributed by atoms with Crippen LogP contribution in [-0.4, -0.2) is 16.1 Å². The van der Waals surface area contributed by atoms with Gasteiger partial charge in [0.25, 0.3) is 5.91 Å². The van der Waals surface area contributed by atoms with Gasteiger partial charge in [-0.15, -0.1) is 0 Å². The maximum absolute atomic E-state index is 10.9. The number of carbonyl (C=O) groups excluding carboxylic acids is 1. The van der Waals surface area contributed by atoms with Crippen LogP contribution >= 0.6 is 0 Å². The van der Waals surface area contributed by atoms with Crippen LogP contribution in [-0.2, 0) is 0 Å². The Balaban J connectivity index is 3.19. The summed E-state index contributed by atoms with van der Waals surface area (Å²) in [5.41, 5.74) is 7.99. The van der Waals surface area contributed by atoms with Crippen molar-refractivity contribution < 1.29 is 4.79 Å². The lowest BCUT2D eigenvalue weighted by atomic mass is 10.1. The van der Waals surface area contributed by atoms with Crippen molar-refractivity contribution in [3.8, 4) is 0 Å². The third kappa shape index (κ3) is 1.74. The minimum Gasteiger partial charge on any atom is -0.364 e. The number of nitrogens with zero attached hydrogens (tertiary/aromatic N) is 1. The second-order valence-electron chi connectivity index (χ2n) is 3.02. The van der Waals surface area contributed by atoms with Gasteiger partial charge in [-0.3, -0.25) is 9.89 Å². The van der Waals surface area contributed by atoms with Gasteiger partial charge in [0, 0.05) is 5.56 Å². The zero-order chi connectivity index (χ0) is 10.7. The molecule has 1 aromatic rings. The van der Waals surface area contributed by atoms with Crippen molar-refractivity contribution in [2.24, 2.45) is 5.73 Å². The number of nitrogens with two attached hydrogens (primary N) is 1. The van der Waals surface area contributed by atoms with Crippen LogP contribution in [0.15, 0.2) is 18.7 Å². The van der Waals surface area contributed by atoms with E-state index in [1.807, 2.05) is 13.0 Å². The second kappa shape index (κ2) is 3.91. The summed E-state index contributed by atoms with van der Waals surface area (Å²) >= 11 is 0. The summed E-state index contributed by atoms with van der Waals surface area (Å²) in [6.45, 7) is 7.31. The van der Waals surface area contributed by atoms with Gasteiger partial charge in [0.2, 0.25) is 0 Å². The molecule has 0 unspecified atom stereocenters. The Labute approximate surface area is 82.5 Å². The van der Waals surface area contributed by atoms with E-state index in [1.165, 1.54) is 0 Å². The Hall–Kier alpha value is -1.84. The Kier molecular flexibility index (Phi) is 2.86. The molecule has 3 N–H and O–H groups in total. The normalized spacial score (nSPS) is 11.4. The topological polar surface area (TPSA) is 71.8 Å². The van der Waals surface area contributed by atoms with Crippen molar-refractivity contribution in [2.75, 3.05) is 0 Å². The Bertz CT molecular complexity index is 401. The molecule has 1 aromatic heterocycles. The molecule has 0 saturated heterocycles. The van der Waals surface area contributed by atoms with Crippen LogP contribution in [0.3, 0.4) is 0 Å². The van der Waals surface area contributed by atoms with Crippen LogP contribution in [0.2, 0.25) is 0 Å². The number of nitrogens with one attached hydrogen (secondary N) is 1. The molecule has 0 spiro atoms. The highest BCUT2D eigenvalue weighted by Gasteiger charge is 2.13. The molecule has 4 heteroatoms. The number of hydrogen-bond donors (Lipinski definition) is 2. The van der Waals surface area contributed by atoms with Gasteiger partial charge >= 0.3 is 0 Å². The van der Waals surface area contributed by atoms with Crippen LogP contribution in [0.25, 0.3) is 5.57 Å². The average Bonchev–Trinajstić information content (AvgIpc) is 2.47. The van der Waals surface area contributed by atoms with E-state index in [1.54, 1.807) is 13.0 Å². The van der Waals surface area contributed by atoms with E-state index >= 15 is 0 Å². The first kappa shape index (κ1) is 10.2. The molecule has 4 nitrogen and oxygen atoms in total. The van der Waals surface area contributed by atoms with Crippen molar-refractivity contribution >= 4 is 11.5 Å². The molecule has 74 valence electrons. The van der Waals surface area contributed by atoms with Gasteiger partial charge in [-0.05, 0) is 19.4 Å². The van der Waals surface area contributed by atoms with Crippen molar-refractivity contribution in [3.05, 3.63) is 35.7 Å². The molecule has 0 aliphatic heterocycles. The summed E-state index contributed by atoms with van der Waals surface area (Å²) in [5, 5.41) is 6.62. The van der Waals surface area contributed by atoms with Crippen molar-refractivity contribution in [1.82, 2.24) is 10.2 Å². The van der Waals surface area contributed by atoms with Crippen LogP contribution in [0.5, 0.6) is 0 Å². The first-order valence-electron chi connectivity index (χ1n) is 4.22. The largest absolute Gasteiger partial charge is 0.364 e. The van der Waals surface area contributed by atoms with Crippen molar-refractivity contribution in [2.45, 2.75) is 13.8 Å².